The average Bonchev–Trinajstić information content (AvgIpc) is 3.80. The van der Waals surface area contributed by atoms with E-state index in [2.05, 4.69) is 48.8 Å². The predicted molar refractivity (Wildman–Crippen MR) is 224 cm³/mol. The highest BCUT2D eigenvalue weighted by molar-refractivity contribution is 7.16. The van der Waals surface area contributed by atoms with Gasteiger partial charge in [0.1, 0.15) is 18.1 Å². The van der Waals surface area contributed by atoms with Crippen LogP contribution in [0.25, 0.3) is 22.2 Å². The number of pyridine rings is 1. The van der Waals surface area contributed by atoms with E-state index in [1.54, 1.807) is 56.0 Å². The summed E-state index contributed by atoms with van der Waals surface area (Å²) in [5.41, 5.74) is 0.347. The van der Waals surface area contributed by atoms with Crippen molar-refractivity contribution in [2.24, 2.45) is 5.41 Å². The lowest BCUT2D eigenvalue weighted by Gasteiger charge is -2.28. The normalized spacial score (nSPS) is 12.4. The molecule has 0 bridgehead atoms. The van der Waals surface area contributed by atoms with Gasteiger partial charge in [0.05, 0.1) is 51.7 Å². The van der Waals surface area contributed by atoms with E-state index in [-0.39, 0.29) is 17.7 Å². The summed E-state index contributed by atoms with van der Waals surface area (Å²) in [5.74, 6) is 0.210. The zero-order chi connectivity index (χ0) is 40.3. The van der Waals surface area contributed by atoms with Crippen LogP contribution in [-0.4, -0.2) is 83.3 Å². The number of carbonyl (C=O) groups is 2. The van der Waals surface area contributed by atoms with Gasteiger partial charge in [-0.25, -0.2) is 9.36 Å². The van der Waals surface area contributed by atoms with Crippen LogP contribution in [0, 0.1) is 5.41 Å². The molecule has 0 aliphatic rings. The van der Waals surface area contributed by atoms with Crippen molar-refractivity contribution in [3.63, 3.8) is 0 Å². The molecule has 0 atom stereocenters. The van der Waals surface area contributed by atoms with Crippen LogP contribution < -0.4 is 15.6 Å². The summed E-state index contributed by atoms with van der Waals surface area (Å²) >= 11 is 7.54. The standard InChI is InChI=1S/C40H53ClN6O6SSi/c1-39(2,3)53-38(50)47-33-13-11-30(52-25-40(4,5)24-44(6)7)17-27(33)18-34(47)32-19-29(22-45(37(32)49)26-51-15-16-55(8,9)10)43-36(48)28-20-42-46(21-28)23-31-12-14-35(41)54-31/h11-14,17-22H,15-16,23-26H2,1-10H3,(H,43,48). The minimum Gasteiger partial charge on any atom is -0.493 e. The van der Waals surface area contributed by atoms with E-state index in [4.69, 9.17) is 25.8 Å². The van der Waals surface area contributed by atoms with Crippen molar-refractivity contribution in [2.75, 3.05) is 39.2 Å². The zero-order valence-corrected chi connectivity index (χ0v) is 36.1. The number of benzene rings is 1. The first-order chi connectivity index (χ1) is 25.7. The number of thiophene rings is 1. The summed E-state index contributed by atoms with van der Waals surface area (Å²) in [6.45, 7) is 18.6. The van der Waals surface area contributed by atoms with Crippen LogP contribution in [-0.2, 0) is 22.7 Å². The first-order valence-electron chi connectivity index (χ1n) is 18.2. The molecule has 0 saturated heterocycles. The third-order valence-electron chi connectivity index (χ3n) is 8.41. The summed E-state index contributed by atoms with van der Waals surface area (Å²) in [7, 11) is 2.65. The molecule has 0 aliphatic carbocycles. The summed E-state index contributed by atoms with van der Waals surface area (Å²) in [6, 6.07) is 13.5. The number of nitrogens with zero attached hydrogens (tertiary/aromatic N) is 5. The summed E-state index contributed by atoms with van der Waals surface area (Å²) in [6.07, 6.45) is 4.05. The van der Waals surface area contributed by atoms with Crippen molar-refractivity contribution >= 4 is 59.6 Å². The number of hydrogen-bond donors (Lipinski definition) is 1. The fraction of sp³-hybridized carbons (Fsp3) is 0.450. The van der Waals surface area contributed by atoms with Crippen LogP contribution in [0.15, 0.2) is 65.8 Å². The fourth-order valence-electron chi connectivity index (χ4n) is 6.06. The molecule has 55 heavy (non-hydrogen) atoms. The van der Waals surface area contributed by atoms with Gasteiger partial charge in [-0.2, -0.15) is 5.10 Å². The second kappa shape index (κ2) is 16.9. The SMILES string of the molecule is CN(C)CC(C)(C)COc1ccc2c(c1)cc(-c1cc(NC(=O)c3cnn(Cc4ccc(Cl)s4)c3)cn(COCC[Si](C)(C)C)c1=O)n2C(=O)OC(C)(C)C. The van der Waals surface area contributed by atoms with Crippen molar-refractivity contribution < 1.29 is 23.8 Å². The molecule has 0 radical (unpaired) electrons. The minimum absolute atomic E-state index is 0.0469. The van der Waals surface area contributed by atoms with E-state index < -0.39 is 31.2 Å². The highest BCUT2D eigenvalue weighted by atomic mass is 35.5. The summed E-state index contributed by atoms with van der Waals surface area (Å²) in [5, 5.41) is 7.97. The number of aromatic nitrogens is 4. The maximum absolute atomic E-state index is 14.3. The molecule has 12 nitrogen and oxygen atoms in total. The maximum Gasteiger partial charge on any atom is 0.419 e. The number of carbonyl (C=O) groups excluding carboxylic acids is 2. The van der Waals surface area contributed by atoms with Gasteiger partial charge in [-0.05, 0) is 83.4 Å². The lowest BCUT2D eigenvalue weighted by Crippen LogP contribution is -2.33. The van der Waals surface area contributed by atoms with Crippen LogP contribution in [0.3, 0.4) is 0 Å². The summed E-state index contributed by atoms with van der Waals surface area (Å²) in [4.78, 5) is 45.0. The molecule has 15 heteroatoms. The largest absolute Gasteiger partial charge is 0.493 e. The van der Waals surface area contributed by atoms with Gasteiger partial charge in [0, 0.05) is 49.3 Å². The molecule has 0 unspecified atom stereocenters. The Morgan fingerprint density at radius 1 is 1.02 bits per heavy atom. The third-order valence-corrected chi connectivity index (χ3v) is 11.3. The van der Waals surface area contributed by atoms with Crippen molar-refractivity contribution in [3.05, 3.63) is 86.2 Å². The Morgan fingerprint density at radius 2 is 1.76 bits per heavy atom. The van der Waals surface area contributed by atoms with Gasteiger partial charge in [0.15, 0.2) is 0 Å². The second-order valence-electron chi connectivity index (χ2n) is 17.1. The Balaban J connectivity index is 1.55. The van der Waals surface area contributed by atoms with E-state index in [0.717, 1.165) is 17.5 Å². The molecule has 296 valence electrons. The van der Waals surface area contributed by atoms with Crippen LogP contribution >= 0.6 is 22.9 Å². The van der Waals surface area contributed by atoms with Gasteiger partial charge in [-0.15, -0.1) is 11.3 Å². The molecule has 5 rings (SSSR count). The number of anilines is 1. The number of amides is 1. The molecule has 0 spiro atoms. The first-order valence-corrected chi connectivity index (χ1v) is 23.1. The molecule has 1 aromatic carbocycles. The first kappa shape index (κ1) is 41.9. The van der Waals surface area contributed by atoms with Crippen LogP contribution in [0.5, 0.6) is 5.75 Å². The molecule has 4 aromatic heterocycles. The molecule has 0 saturated carbocycles. The highest BCUT2D eigenvalue weighted by Gasteiger charge is 2.26. The minimum atomic E-state index is -1.40. The van der Waals surface area contributed by atoms with E-state index in [1.165, 1.54) is 26.7 Å². The van der Waals surface area contributed by atoms with Crippen molar-refractivity contribution in [1.82, 2.24) is 23.8 Å². The molecule has 1 amide bonds. The fourth-order valence-corrected chi connectivity index (χ4v) is 7.89. The Bertz CT molecular complexity index is 2210. The Labute approximate surface area is 332 Å². The molecule has 0 aliphatic heterocycles. The summed E-state index contributed by atoms with van der Waals surface area (Å²) < 4.78 is 23.3. The third kappa shape index (κ3) is 11.7. The molecule has 5 aromatic rings. The Kier molecular flexibility index (Phi) is 12.9. The van der Waals surface area contributed by atoms with Gasteiger partial charge >= 0.3 is 6.09 Å². The van der Waals surface area contributed by atoms with E-state index >= 15 is 0 Å². The van der Waals surface area contributed by atoms with Crippen LogP contribution in [0.4, 0.5) is 10.5 Å². The lowest BCUT2D eigenvalue weighted by atomic mass is 9.94. The van der Waals surface area contributed by atoms with Gasteiger partial charge in [-0.3, -0.25) is 18.8 Å². The van der Waals surface area contributed by atoms with Crippen molar-refractivity contribution in [2.45, 2.75) is 79.2 Å². The van der Waals surface area contributed by atoms with Crippen molar-refractivity contribution in [3.8, 4) is 17.0 Å². The van der Waals surface area contributed by atoms with Gasteiger partial charge < -0.3 is 24.4 Å². The topological polar surface area (TPSA) is 122 Å². The van der Waals surface area contributed by atoms with E-state index in [1.807, 2.05) is 38.4 Å². The number of halogens is 1. The highest BCUT2D eigenvalue weighted by Crippen LogP contribution is 2.32. The molecular weight excluding hydrogens is 756 g/mol. The van der Waals surface area contributed by atoms with Crippen LogP contribution in [0.1, 0.15) is 49.9 Å². The Morgan fingerprint density at radius 3 is 2.42 bits per heavy atom. The molecule has 1 N–H and O–H groups in total. The smallest absolute Gasteiger partial charge is 0.419 e. The number of nitrogens with one attached hydrogen (secondary N) is 1. The maximum atomic E-state index is 14.3. The molecule has 4 heterocycles. The van der Waals surface area contributed by atoms with Gasteiger partial charge in [0.2, 0.25) is 0 Å². The number of hydrogen-bond acceptors (Lipinski definition) is 9. The van der Waals surface area contributed by atoms with Crippen LogP contribution in [0.2, 0.25) is 30.0 Å². The van der Waals surface area contributed by atoms with Crippen molar-refractivity contribution in [1.29, 1.82) is 0 Å². The second-order valence-corrected chi connectivity index (χ2v) is 24.5. The quantitative estimate of drug-likeness (QED) is 0.0824. The van der Waals surface area contributed by atoms with Gasteiger partial charge in [0.25, 0.3) is 11.5 Å². The average molecular weight is 810 g/mol. The zero-order valence-electron chi connectivity index (χ0n) is 33.5. The molecular formula is C40H53ClN6O6SSi. The predicted octanol–water partition coefficient (Wildman–Crippen LogP) is 8.74. The monoisotopic (exact) mass is 808 g/mol. The lowest BCUT2D eigenvalue weighted by molar-refractivity contribution is 0.0547. The number of ether oxygens (including phenoxy) is 3. The Hall–Kier alpha value is -4.21. The number of rotatable bonds is 15. The molecule has 0 fully saturated rings. The van der Waals surface area contributed by atoms with Gasteiger partial charge in [-0.1, -0.05) is 45.1 Å². The van der Waals surface area contributed by atoms with E-state index in [0.29, 0.717) is 57.7 Å². The number of fused-ring (bicyclic) bond motifs is 1. The van der Waals surface area contributed by atoms with E-state index in [9.17, 15) is 14.4 Å².